The Labute approximate surface area is 104 Å². The van der Waals surface area contributed by atoms with Gasteiger partial charge in [-0.2, -0.15) is 0 Å². The largest absolute Gasteiger partial charge is 0.351 e. The summed E-state index contributed by atoms with van der Waals surface area (Å²) in [7, 11) is 0. The molecule has 0 saturated heterocycles. The molecule has 3 N–H and O–H groups in total. The third-order valence-corrected chi connectivity index (χ3v) is 6.60. The van der Waals surface area contributed by atoms with Crippen molar-refractivity contribution in [2.75, 3.05) is 19.0 Å². The molecule has 0 unspecified atom stereocenters. The quantitative estimate of drug-likeness (QED) is 0.684. The van der Waals surface area contributed by atoms with E-state index in [2.05, 4.69) is 0 Å². The summed E-state index contributed by atoms with van der Waals surface area (Å²) < 4.78 is 10.6. The zero-order valence-electron chi connectivity index (χ0n) is 9.10. The first kappa shape index (κ1) is 15.9. The average Bonchev–Trinajstić information content (AvgIpc) is 2.15. The van der Waals surface area contributed by atoms with E-state index in [1.54, 1.807) is 13.8 Å². The lowest BCUT2D eigenvalue weighted by Crippen LogP contribution is -2.36. The van der Waals surface area contributed by atoms with Gasteiger partial charge in [-0.05, 0) is 25.7 Å². The monoisotopic (exact) mass is 286 g/mol. The molecule has 0 radical (unpaired) electrons. The molecule has 0 spiro atoms. The third-order valence-electron chi connectivity index (χ3n) is 1.19. The van der Waals surface area contributed by atoms with E-state index in [1.165, 1.54) is 0 Å². The van der Waals surface area contributed by atoms with Crippen molar-refractivity contribution in [2.45, 2.75) is 13.8 Å². The standard InChI is InChI=1S/C7H15N2O4PS2/c1-3-12-14(15,13-4-2)16-5-6(10)9-7(8)11/h3-5H2,1-2H3,(H3,8,9,10,11). The number of carbonyl (C=O) groups is 2. The molecule has 0 aliphatic rings. The van der Waals surface area contributed by atoms with E-state index in [1.807, 2.05) is 5.32 Å². The van der Waals surface area contributed by atoms with Crippen LogP contribution in [0.4, 0.5) is 4.79 Å². The highest BCUT2D eigenvalue weighted by atomic mass is 32.9. The molecule has 3 amide bonds. The predicted molar refractivity (Wildman–Crippen MR) is 67.7 cm³/mol. The van der Waals surface area contributed by atoms with Crippen LogP contribution in [0.15, 0.2) is 0 Å². The van der Waals surface area contributed by atoms with E-state index in [0.717, 1.165) is 11.4 Å². The third kappa shape index (κ3) is 7.19. The molecule has 6 nitrogen and oxygen atoms in total. The summed E-state index contributed by atoms with van der Waals surface area (Å²) in [6, 6.07) is -0.883. The van der Waals surface area contributed by atoms with Crippen molar-refractivity contribution in [3.63, 3.8) is 0 Å². The van der Waals surface area contributed by atoms with E-state index >= 15 is 0 Å². The van der Waals surface area contributed by atoms with E-state index in [-0.39, 0.29) is 5.75 Å². The topological polar surface area (TPSA) is 90.7 Å². The Hall–Kier alpha value is -0.140. The van der Waals surface area contributed by atoms with Crippen LogP contribution < -0.4 is 11.1 Å². The van der Waals surface area contributed by atoms with Crippen molar-refractivity contribution >= 4 is 40.8 Å². The highest BCUT2D eigenvalue weighted by Crippen LogP contribution is 2.60. The molecular formula is C7H15N2O4PS2. The second-order valence-corrected chi connectivity index (χ2v) is 8.78. The number of hydrogen-bond acceptors (Lipinski definition) is 6. The summed E-state index contributed by atoms with van der Waals surface area (Å²) in [6.07, 6.45) is 0. The molecule has 94 valence electrons. The van der Waals surface area contributed by atoms with Gasteiger partial charge in [0, 0.05) is 0 Å². The van der Waals surface area contributed by atoms with Crippen LogP contribution >= 0.6 is 17.1 Å². The second-order valence-electron chi connectivity index (χ2n) is 2.47. The van der Waals surface area contributed by atoms with E-state index in [0.29, 0.717) is 13.2 Å². The Bertz CT molecular complexity index is 290. The average molecular weight is 286 g/mol. The van der Waals surface area contributed by atoms with Gasteiger partial charge in [0.25, 0.3) is 0 Å². The van der Waals surface area contributed by atoms with Gasteiger partial charge in [0.05, 0.1) is 19.0 Å². The maximum atomic E-state index is 11.1. The summed E-state index contributed by atoms with van der Waals surface area (Å²) in [5, 5.41) is 1.94. The van der Waals surface area contributed by atoms with Crippen LogP contribution in [-0.2, 0) is 25.6 Å². The van der Waals surface area contributed by atoms with Gasteiger partial charge < -0.3 is 14.8 Å². The first-order valence-corrected chi connectivity index (χ1v) is 8.79. The SMILES string of the molecule is CCOP(=S)(OCC)SCC(=O)NC(N)=O. The summed E-state index contributed by atoms with van der Waals surface area (Å²) >= 11 is 6.25. The number of hydrogen-bond donors (Lipinski definition) is 2. The molecule has 0 aliphatic heterocycles. The van der Waals surface area contributed by atoms with Crippen LogP contribution in [0.25, 0.3) is 0 Å². The smallest absolute Gasteiger partial charge is 0.318 e. The highest BCUT2D eigenvalue weighted by molar-refractivity contribution is 8.68. The van der Waals surface area contributed by atoms with Gasteiger partial charge in [-0.15, -0.1) is 0 Å². The fraction of sp³-hybridized carbons (Fsp3) is 0.714. The Balaban J connectivity index is 4.16. The molecule has 0 aliphatic carbocycles. The number of primary amides is 1. The van der Waals surface area contributed by atoms with Gasteiger partial charge in [-0.25, -0.2) is 4.79 Å². The minimum Gasteiger partial charge on any atom is -0.351 e. The molecule has 0 rings (SSSR count). The van der Waals surface area contributed by atoms with Crippen LogP contribution in [-0.4, -0.2) is 30.9 Å². The zero-order valence-corrected chi connectivity index (χ0v) is 11.6. The molecule has 0 aromatic rings. The lowest BCUT2D eigenvalue weighted by Gasteiger charge is -2.19. The van der Waals surface area contributed by atoms with Crippen LogP contribution in [0.5, 0.6) is 0 Å². The molecule has 9 heteroatoms. The lowest BCUT2D eigenvalue weighted by molar-refractivity contribution is -0.117. The van der Waals surface area contributed by atoms with E-state index in [4.69, 9.17) is 26.6 Å². The van der Waals surface area contributed by atoms with Gasteiger partial charge in [0.1, 0.15) is 0 Å². The number of urea groups is 1. The zero-order chi connectivity index (χ0) is 12.6. The first-order valence-electron chi connectivity index (χ1n) is 4.56. The summed E-state index contributed by atoms with van der Waals surface area (Å²) in [4.78, 5) is 21.5. The number of amides is 3. The summed E-state index contributed by atoms with van der Waals surface area (Å²) in [5.74, 6) is -0.522. The molecule has 0 atom stereocenters. The molecular weight excluding hydrogens is 271 g/mol. The Morgan fingerprint density at radius 2 is 1.88 bits per heavy atom. The van der Waals surface area contributed by atoms with E-state index in [9.17, 15) is 9.59 Å². The number of rotatable bonds is 7. The number of nitrogens with one attached hydrogen (secondary N) is 1. The highest BCUT2D eigenvalue weighted by Gasteiger charge is 2.20. The molecule has 0 bridgehead atoms. The van der Waals surface area contributed by atoms with Gasteiger partial charge in [-0.1, -0.05) is 11.4 Å². The number of imide groups is 1. The minimum absolute atomic E-state index is 0.0137. The van der Waals surface area contributed by atoms with Crippen molar-refractivity contribution in [3.8, 4) is 0 Å². The van der Waals surface area contributed by atoms with Crippen LogP contribution in [0.3, 0.4) is 0 Å². The molecule has 0 fully saturated rings. The first-order chi connectivity index (χ1) is 7.43. The van der Waals surface area contributed by atoms with Crippen LogP contribution in [0, 0.1) is 0 Å². The van der Waals surface area contributed by atoms with Crippen LogP contribution in [0.2, 0.25) is 0 Å². The Morgan fingerprint density at radius 1 is 1.38 bits per heavy atom. The molecule has 0 aromatic carbocycles. The maximum absolute atomic E-state index is 11.1. The summed E-state index contributed by atoms with van der Waals surface area (Å²) in [6.45, 7) is 4.43. The Kier molecular flexibility index (Phi) is 7.96. The normalized spacial score (nSPS) is 11.1. The van der Waals surface area contributed by atoms with Crippen LogP contribution in [0.1, 0.15) is 13.8 Å². The fourth-order valence-corrected chi connectivity index (χ4v) is 4.96. The van der Waals surface area contributed by atoms with Crippen molar-refractivity contribution in [1.29, 1.82) is 0 Å². The van der Waals surface area contributed by atoms with Gasteiger partial charge in [0.15, 0.2) is 0 Å². The van der Waals surface area contributed by atoms with Crippen molar-refractivity contribution in [1.82, 2.24) is 5.32 Å². The van der Waals surface area contributed by atoms with Crippen molar-refractivity contribution in [3.05, 3.63) is 0 Å². The van der Waals surface area contributed by atoms with Crippen molar-refractivity contribution < 1.29 is 18.6 Å². The van der Waals surface area contributed by atoms with Crippen molar-refractivity contribution in [2.24, 2.45) is 5.73 Å². The molecule has 16 heavy (non-hydrogen) atoms. The van der Waals surface area contributed by atoms with Gasteiger partial charge >= 0.3 is 6.03 Å². The van der Waals surface area contributed by atoms with Gasteiger partial charge in [-0.3, -0.25) is 10.1 Å². The second kappa shape index (κ2) is 8.03. The summed E-state index contributed by atoms with van der Waals surface area (Å²) in [5.41, 5.74) is 2.31. The fourth-order valence-electron chi connectivity index (χ4n) is 0.739. The van der Waals surface area contributed by atoms with E-state index < -0.39 is 17.6 Å². The minimum atomic E-state index is -2.48. The van der Waals surface area contributed by atoms with Gasteiger partial charge in [0.2, 0.25) is 11.6 Å². The predicted octanol–water partition coefficient (Wildman–Crippen LogP) is 1.21. The number of nitrogens with two attached hydrogens (primary N) is 1. The Morgan fingerprint density at radius 3 is 2.25 bits per heavy atom. The molecule has 0 heterocycles. The number of carbonyl (C=O) groups excluding carboxylic acids is 2. The molecule has 0 aromatic heterocycles. The lowest BCUT2D eigenvalue weighted by atomic mass is 10.7. The maximum Gasteiger partial charge on any atom is 0.318 e. The molecule has 0 saturated carbocycles.